The lowest BCUT2D eigenvalue weighted by Gasteiger charge is -2.10. The lowest BCUT2D eigenvalue weighted by atomic mass is 10.1. The van der Waals surface area contributed by atoms with Gasteiger partial charge in [-0.25, -0.2) is 13.1 Å². The molecule has 0 saturated carbocycles. The molecule has 9 heteroatoms. The molecule has 0 aliphatic carbocycles. The van der Waals surface area contributed by atoms with Crippen LogP contribution in [0.2, 0.25) is 0 Å². The van der Waals surface area contributed by atoms with Crippen LogP contribution < -0.4 is 4.72 Å². The van der Waals surface area contributed by atoms with Crippen molar-refractivity contribution in [3.05, 3.63) is 65.2 Å². The summed E-state index contributed by atoms with van der Waals surface area (Å²) in [7, 11) is -3.66. The molecule has 2 aromatic carbocycles. The van der Waals surface area contributed by atoms with Gasteiger partial charge in [0.2, 0.25) is 10.0 Å². The molecule has 4 nitrogen and oxygen atoms in total. The van der Waals surface area contributed by atoms with Crippen LogP contribution in [0.15, 0.2) is 53.4 Å². The monoisotopic (exact) mass is 435 g/mol. The molecule has 28 heavy (non-hydrogen) atoms. The molecular weight excluding hydrogens is 415 g/mol. The third kappa shape index (κ3) is 7.79. The van der Waals surface area contributed by atoms with E-state index >= 15 is 0 Å². The van der Waals surface area contributed by atoms with Crippen molar-refractivity contribution in [2.75, 3.05) is 12.5 Å². The number of hydrogen-bond donors (Lipinski definition) is 1. The Morgan fingerprint density at radius 3 is 2.07 bits per heavy atom. The summed E-state index contributed by atoms with van der Waals surface area (Å²) < 4.78 is 68.0. The molecule has 0 amide bonds. The molecule has 0 aromatic heterocycles. The molecule has 0 unspecified atom stereocenters. The molecule has 0 bridgehead atoms. The van der Waals surface area contributed by atoms with E-state index in [1.807, 2.05) is 0 Å². The van der Waals surface area contributed by atoms with Gasteiger partial charge in [0.15, 0.2) is 0 Å². The second kappa shape index (κ2) is 10.2. The Kier molecular flexibility index (Phi) is 8.30. The SMILES string of the molecule is O=S(=O)(NCc1ccc(COCC(F)(F)F)cc1)c1ccc(CCCCl)cc1. The van der Waals surface area contributed by atoms with Crippen LogP contribution in [0.4, 0.5) is 13.2 Å². The maximum Gasteiger partial charge on any atom is 0.411 e. The number of aryl methyl sites for hydroxylation is 1. The summed E-state index contributed by atoms with van der Waals surface area (Å²) in [6.45, 7) is -1.40. The summed E-state index contributed by atoms with van der Waals surface area (Å²) in [4.78, 5) is 0.166. The minimum Gasteiger partial charge on any atom is -0.367 e. The van der Waals surface area contributed by atoms with E-state index in [1.165, 1.54) is 0 Å². The first-order valence-corrected chi connectivity index (χ1v) is 10.6. The van der Waals surface area contributed by atoms with E-state index in [-0.39, 0.29) is 18.0 Å². The highest BCUT2D eigenvalue weighted by Gasteiger charge is 2.27. The van der Waals surface area contributed by atoms with Crippen LogP contribution in [0.5, 0.6) is 0 Å². The highest BCUT2D eigenvalue weighted by Crippen LogP contribution is 2.16. The van der Waals surface area contributed by atoms with Crippen molar-refractivity contribution in [3.8, 4) is 0 Å². The van der Waals surface area contributed by atoms with Gasteiger partial charge in [0.25, 0.3) is 0 Å². The Bertz CT molecular complexity index is 838. The molecule has 0 aliphatic rings. The average molecular weight is 436 g/mol. The fourth-order valence-electron chi connectivity index (χ4n) is 2.41. The van der Waals surface area contributed by atoms with E-state index in [4.69, 9.17) is 11.6 Å². The minimum atomic E-state index is -4.36. The third-order valence-corrected chi connectivity index (χ3v) is 5.54. The van der Waals surface area contributed by atoms with Gasteiger partial charge in [-0.3, -0.25) is 0 Å². The van der Waals surface area contributed by atoms with Crippen LogP contribution in [0.25, 0.3) is 0 Å². The molecular formula is C19H21ClF3NO3S. The first-order valence-electron chi connectivity index (χ1n) is 8.56. The number of halogens is 4. The van der Waals surface area contributed by atoms with Crippen molar-refractivity contribution in [3.63, 3.8) is 0 Å². The molecule has 0 radical (unpaired) electrons. The van der Waals surface area contributed by atoms with Crippen LogP contribution >= 0.6 is 11.6 Å². The van der Waals surface area contributed by atoms with Crippen molar-refractivity contribution in [1.29, 1.82) is 0 Å². The molecule has 0 aliphatic heterocycles. The maximum atomic E-state index is 12.4. The lowest BCUT2D eigenvalue weighted by Crippen LogP contribution is -2.23. The molecule has 1 N–H and O–H groups in total. The van der Waals surface area contributed by atoms with Crippen molar-refractivity contribution >= 4 is 21.6 Å². The van der Waals surface area contributed by atoms with Gasteiger partial charge in [0, 0.05) is 12.4 Å². The quantitative estimate of drug-likeness (QED) is 0.562. The topological polar surface area (TPSA) is 55.4 Å². The summed E-state index contributed by atoms with van der Waals surface area (Å²) in [6, 6.07) is 13.1. The van der Waals surface area contributed by atoms with Gasteiger partial charge >= 0.3 is 6.18 Å². The van der Waals surface area contributed by atoms with Gasteiger partial charge in [-0.05, 0) is 41.7 Å². The van der Waals surface area contributed by atoms with E-state index in [0.717, 1.165) is 18.4 Å². The molecule has 0 saturated heterocycles. The second-order valence-electron chi connectivity index (χ2n) is 6.19. The Morgan fingerprint density at radius 2 is 1.50 bits per heavy atom. The smallest absolute Gasteiger partial charge is 0.367 e. The number of ether oxygens (including phenoxy) is 1. The molecule has 2 rings (SSSR count). The number of hydrogen-bond acceptors (Lipinski definition) is 3. The number of sulfonamides is 1. The van der Waals surface area contributed by atoms with E-state index in [0.29, 0.717) is 17.0 Å². The molecule has 154 valence electrons. The Hall–Kier alpha value is -1.61. The van der Waals surface area contributed by atoms with Crippen LogP contribution in [-0.4, -0.2) is 27.1 Å². The molecule has 0 spiro atoms. The van der Waals surface area contributed by atoms with Crippen molar-refractivity contribution < 1.29 is 26.3 Å². The fraction of sp³-hybridized carbons (Fsp3) is 0.368. The van der Waals surface area contributed by atoms with Crippen LogP contribution in [0.3, 0.4) is 0 Å². The molecule has 2 aromatic rings. The maximum absolute atomic E-state index is 12.4. The summed E-state index contributed by atoms with van der Waals surface area (Å²) in [5.74, 6) is 0.550. The van der Waals surface area contributed by atoms with E-state index in [9.17, 15) is 21.6 Å². The van der Waals surface area contributed by atoms with Gasteiger partial charge in [0.1, 0.15) is 6.61 Å². The number of alkyl halides is 4. The Morgan fingerprint density at radius 1 is 0.929 bits per heavy atom. The van der Waals surface area contributed by atoms with Crippen LogP contribution in [0.1, 0.15) is 23.1 Å². The van der Waals surface area contributed by atoms with Gasteiger partial charge in [-0.15, -0.1) is 11.6 Å². The Balaban J connectivity index is 1.88. The fourth-order valence-corrected chi connectivity index (χ4v) is 3.56. The van der Waals surface area contributed by atoms with Crippen molar-refractivity contribution in [2.45, 2.75) is 37.1 Å². The first-order chi connectivity index (χ1) is 13.2. The summed E-state index contributed by atoms with van der Waals surface area (Å²) in [5.41, 5.74) is 2.27. The number of rotatable bonds is 10. The predicted molar refractivity (Wildman–Crippen MR) is 102 cm³/mol. The van der Waals surface area contributed by atoms with Gasteiger partial charge in [-0.2, -0.15) is 13.2 Å². The van der Waals surface area contributed by atoms with Crippen LogP contribution in [0, 0.1) is 0 Å². The molecule has 0 heterocycles. The highest BCUT2D eigenvalue weighted by atomic mass is 35.5. The van der Waals surface area contributed by atoms with Crippen molar-refractivity contribution in [1.82, 2.24) is 4.72 Å². The highest BCUT2D eigenvalue weighted by molar-refractivity contribution is 7.89. The van der Waals surface area contributed by atoms with Crippen molar-refractivity contribution in [2.24, 2.45) is 0 Å². The van der Waals surface area contributed by atoms with E-state index in [2.05, 4.69) is 9.46 Å². The minimum absolute atomic E-state index is 0.0695. The third-order valence-electron chi connectivity index (χ3n) is 3.86. The van der Waals surface area contributed by atoms with E-state index < -0.39 is 22.8 Å². The zero-order chi connectivity index (χ0) is 20.6. The Labute approximate surface area is 167 Å². The predicted octanol–water partition coefficient (Wildman–Crippen LogP) is 4.42. The summed E-state index contributed by atoms with van der Waals surface area (Å²) in [5, 5.41) is 0. The van der Waals surface area contributed by atoms with Gasteiger partial charge in [0.05, 0.1) is 11.5 Å². The van der Waals surface area contributed by atoms with E-state index in [1.54, 1.807) is 48.5 Å². The zero-order valence-corrected chi connectivity index (χ0v) is 16.6. The van der Waals surface area contributed by atoms with Gasteiger partial charge in [-0.1, -0.05) is 36.4 Å². The molecule has 0 atom stereocenters. The zero-order valence-electron chi connectivity index (χ0n) is 15.0. The summed E-state index contributed by atoms with van der Waals surface area (Å²) in [6.07, 6.45) is -2.75. The summed E-state index contributed by atoms with van der Waals surface area (Å²) >= 11 is 5.65. The average Bonchev–Trinajstić information content (AvgIpc) is 2.65. The molecule has 0 fully saturated rings. The number of benzene rings is 2. The van der Waals surface area contributed by atoms with Gasteiger partial charge < -0.3 is 4.74 Å². The standard InChI is InChI=1S/C19H21ClF3NO3S/c20-11-1-2-15-7-9-18(10-8-15)28(25,26)24-12-16-3-5-17(6-4-16)13-27-14-19(21,22)23/h3-10,24H,1-2,11-14H2. The second-order valence-corrected chi connectivity index (χ2v) is 8.33. The normalized spacial score (nSPS) is 12.3. The van der Waals surface area contributed by atoms with Crippen LogP contribution in [-0.2, 0) is 34.3 Å². The largest absolute Gasteiger partial charge is 0.411 e. The number of nitrogens with one attached hydrogen (secondary N) is 1. The lowest BCUT2D eigenvalue weighted by molar-refractivity contribution is -0.176. The first kappa shape index (κ1) is 22.7.